The van der Waals surface area contributed by atoms with Crippen LogP contribution in [0.2, 0.25) is 0 Å². The molecule has 0 aliphatic carbocycles. The first-order valence-corrected chi connectivity index (χ1v) is 7.26. The van der Waals surface area contributed by atoms with Crippen molar-refractivity contribution in [2.75, 3.05) is 6.61 Å². The van der Waals surface area contributed by atoms with Gasteiger partial charge in [-0.2, -0.15) is 0 Å². The van der Waals surface area contributed by atoms with Gasteiger partial charge >= 0.3 is 0 Å². The number of aliphatic hydroxyl groups excluding tert-OH is 1. The van der Waals surface area contributed by atoms with Gasteiger partial charge in [-0.25, -0.2) is 4.98 Å². The van der Waals surface area contributed by atoms with Crippen molar-refractivity contribution in [1.29, 1.82) is 0 Å². The predicted octanol–water partition coefficient (Wildman–Crippen LogP) is 2.87. The lowest BCUT2D eigenvalue weighted by molar-refractivity contribution is 0.0785. The van der Waals surface area contributed by atoms with E-state index in [9.17, 15) is 5.11 Å². The zero-order chi connectivity index (χ0) is 13.8. The minimum atomic E-state index is -0.685. The molecule has 0 spiro atoms. The highest BCUT2D eigenvalue weighted by atomic mass is 127. The summed E-state index contributed by atoms with van der Waals surface area (Å²) in [5.41, 5.74) is 1.65. The Balaban J connectivity index is 2.38. The molecule has 0 aliphatic rings. The van der Waals surface area contributed by atoms with Crippen molar-refractivity contribution < 1.29 is 9.84 Å². The van der Waals surface area contributed by atoms with Gasteiger partial charge in [-0.15, -0.1) is 0 Å². The Kier molecular flexibility index (Phi) is 4.95. The Bertz CT molecular complexity index is 540. The molecule has 1 aromatic carbocycles. The number of imidazole rings is 1. The summed E-state index contributed by atoms with van der Waals surface area (Å²) in [6, 6.07) is 9.59. The smallest absolute Gasteiger partial charge is 0.125 e. The monoisotopic (exact) mass is 372 g/mol. The summed E-state index contributed by atoms with van der Waals surface area (Å²) < 4.78 is 8.18. The number of aromatic nitrogens is 2. The second-order valence-electron chi connectivity index (χ2n) is 4.20. The molecule has 0 radical (unpaired) electrons. The number of halogens is 1. The highest BCUT2D eigenvalue weighted by Crippen LogP contribution is 2.27. The van der Waals surface area contributed by atoms with E-state index in [2.05, 4.69) is 27.6 Å². The molecular formula is C14H17IN2O2. The van der Waals surface area contributed by atoms with Gasteiger partial charge in [0.25, 0.3) is 0 Å². The maximum atomic E-state index is 10.5. The van der Waals surface area contributed by atoms with E-state index in [0.717, 1.165) is 20.8 Å². The fourth-order valence-electron chi connectivity index (χ4n) is 1.94. The van der Waals surface area contributed by atoms with E-state index < -0.39 is 6.10 Å². The van der Waals surface area contributed by atoms with Crippen LogP contribution in [0.25, 0.3) is 0 Å². The van der Waals surface area contributed by atoms with Crippen molar-refractivity contribution in [2.24, 2.45) is 0 Å². The number of aliphatic hydroxyl groups is 1. The highest BCUT2D eigenvalue weighted by Gasteiger charge is 2.21. The third kappa shape index (κ3) is 3.16. The lowest BCUT2D eigenvalue weighted by atomic mass is 10.1. The van der Waals surface area contributed by atoms with Crippen LogP contribution in [0.5, 0.6) is 0 Å². The van der Waals surface area contributed by atoms with Crippen LogP contribution in [0.15, 0.2) is 30.3 Å². The van der Waals surface area contributed by atoms with Crippen LogP contribution in [0.3, 0.4) is 0 Å². The summed E-state index contributed by atoms with van der Waals surface area (Å²) in [7, 11) is 0. The lowest BCUT2D eigenvalue weighted by Gasteiger charge is -2.16. The van der Waals surface area contributed by atoms with E-state index in [0.29, 0.717) is 13.3 Å². The van der Waals surface area contributed by atoms with Crippen molar-refractivity contribution in [3.8, 4) is 0 Å². The molecule has 0 amide bonds. The van der Waals surface area contributed by atoms with Crippen LogP contribution in [0.4, 0.5) is 0 Å². The molecule has 1 atom stereocenters. The molecule has 0 saturated carbocycles. The zero-order valence-corrected chi connectivity index (χ0v) is 13.2. The maximum absolute atomic E-state index is 10.5. The van der Waals surface area contributed by atoms with E-state index in [1.807, 2.05) is 48.7 Å². The molecule has 0 fully saturated rings. The van der Waals surface area contributed by atoms with Gasteiger partial charge in [0.15, 0.2) is 0 Å². The molecule has 1 aromatic heterocycles. The van der Waals surface area contributed by atoms with Crippen LogP contribution < -0.4 is 0 Å². The molecule has 1 unspecified atom stereocenters. The summed E-state index contributed by atoms with van der Waals surface area (Å²) in [5.74, 6) is 0.850. The summed E-state index contributed by atoms with van der Waals surface area (Å²) in [5, 5.41) is 10.5. The van der Waals surface area contributed by atoms with Crippen LogP contribution in [0.1, 0.15) is 30.1 Å². The molecule has 0 saturated heterocycles. The number of nitrogens with zero attached hydrogens (tertiary/aromatic N) is 2. The maximum Gasteiger partial charge on any atom is 0.125 e. The van der Waals surface area contributed by atoms with Crippen molar-refractivity contribution in [1.82, 2.24) is 9.55 Å². The minimum Gasteiger partial charge on any atom is -0.382 e. The van der Waals surface area contributed by atoms with E-state index in [4.69, 9.17) is 4.74 Å². The average molecular weight is 372 g/mol. The molecule has 1 N–H and O–H groups in total. The Hall–Kier alpha value is -0.920. The molecule has 1 heterocycles. The molecular weight excluding hydrogens is 355 g/mol. The van der Waals surface area contributed by atoms with Gasteiger partial charge in [0, 0.05) is 6.61 Å². The largest absolute Gasteiger partial charge is 0.382 e. The third-order valence-electron chi connectivity index (χ3n) is 2.95. The normalized spacial score (nSPS) is 12.6. The van der Waals surface area contributed by atoms with E-state index in [1.165, 1.54) is 0 Å². The quantitative estimate of drug-likeness (QED) is 0.822. The zero-order valence-electron chi connectivity index (χ0n) is 11.0. The van der Waals surface area contributed by atoms with Crippen molar-refractivity contribution in [3.63, 3.8) is 0 Å². The third-order valence-corrected chi connectivity index (χ3v) is 3.75. The number of aryl methyl sites for hydroxylation is 1. The molecule has 2 rings (SSSR count). The van der Waals surface area contributed by atoms with Crippen molar-refractivity contribution >= 4 is 22.6 Å². The van der Waals surface area contributed by atoms with Crippen molar-refractivity contribution in [2.45, 2.75) is 26.7 Å². The second kappa shape index (κ2) is 6.49. The van der Waals surface area contributed by atoms with Gasteiger partial charge in [-0.05, 0) is 42.0 Å². The number of hydrogen-bond acceptors (Lipinski definition) is 3. The first-order chi connectivity index (χ1) is 9.15. The Morgan fingerprint density at radius 2 is 2.05 bits per heavy atom. The topological polar surface area (TPSA) is 47.3 Å². The number of ether oxygens (including phenoxy) is 1. The Labute approximate surface area is 126 Å². The van der Waals surface area contributed by atoms with E-state index in [1.54, 1.807) is 0 Å². The lowest BCUT2D eigenvalue weighted by Crippen LogP contribution is -2.13. The highest BCUT2D eigenvalue weighted by molar-refractivity contribution is 14.1. The molecule has 0 aliphatic heterocycles. The molecule has 5 heteroatoms. The first kappa shape index (κ1) is 14.5. The number of benzene rings is 1. The van der Waals surface area contributed by atoms with Crippen LogP contribution in [0, 0.1) is 10.6 Å². The van der Waals surface area contributed by atoms with Gasteiger partial charge in [0.1, 0.15) is 22.4 Å². The second-order valence-corrected chi connectivity index (χ2v) is 5.22. The van der Waals surface area contributed by atoms with E-state index in [-0.39, 0.29) is 0 Å². The predicted molar refractivity (Wildman–Crippen MR) is 81.8 cm³/mol. The summed E-state index contributed by atoms with van der Waals surface area (Å²) in [4.78, 5) is 4.42. The van der Waals surface area contributed by atoms with Crippen LogP contribution in [-0.4, -0.2) is 21.3 Å². The van der Waals surface area contributed by atoms with Crippen LogP contribution >= 0.6 is 22.6 Å². The van der Waals surface area contributed by atoms with Gasteiger partial charge in [0.05, 0.1) is 5.69 Å². The molecule has 2 aromatic rings. The summed E-state index contributed by atoms with van der Waals surface area (Å²) in [6.45, 7) is 4.92. The van der Waals surface area contributed by atoms with Gasteiger partial charge in [-0.3, -0.25) is 0 Å². The van der Waals surface area contributed by atoms with Gasteiger partial charge < -0.3 is 14.4 Å². The van der Waals surface area contributed by atoms with Gasteiger partial charge in [-0.1, -0.05) is 30.3 Å². The van der Waals surface area contributed by atoms with Crippen molar-refractivity contribution in [3.05, 3.63) is 51.1 Å². The fourth-order valence-corrected chi connectivity index (χ4v) is 2.88. The Morgan fingerprint density at radius 3 is 2.68 bits per heavy atom. The first-order valence-electron chi connectivity index (χ1n) is 6.18. The minimum absolute atomic E-state index is 0.414. The SMILES string of the molecule is CCOCn1c(C)nc(I)c1C(O)c1ccccc1. The Morgan fingerprint density at radius 1 is 1.37 bits per heavy atom. The summed E-state index contributed by atoms with van der Waals surface area (Å²) >= 11 is 2.15. The average Bonchev–Trinajstić information content (AvgIpc) is 2.71. The van der Waals surface area contributed by atoms with Gasteiger partial charge in [0.2, 0.25) is 0 Å². The number of rotatable bonds is 5. The van der Waals surface area contributed by atoms with E-state index >= 15 is 0 Å². The molecule has 19 heavy (non-hydrogen) atoms. The number of hydrogen-bond donors (Lipinski definition) is 1. The van der Waals surface area contributed by atoms with Crippen LogP contribution in [-0.2, 0) is 11.5 Å². The molecule has 0 bridgehead atoms. The summed E-state index contributed by atoms with van der Waals surface area (Å²) in [6.07, 6.45) is -0.685. The molecule has 4 nitrogen and oxygen atoms in total. The molecule has 102 valence electrons. The fraction of sp³-hybridized carbons (Fsp3) is 0.357. The standard InChI is InChI=1S/C14H17IN2O2/c1-3-19-9-17-10(2)16-14(15)12(17)13(18)11-7-5-4-6-8-11/h4-8,13,18H,3,9H2,1-2H3.